The minimum absolute atomic E-state index is 0.424. The molecule has 2 aromatic rings. The van der Waals surface area contributed by atoms with E-state index < -0.39 is 0 Å². The Morgan fingerprint density at radius 1 is 1.48 bits per heavy atom. The molecule has 0 spiro atoms. The van der Waals surface area contributed by atoms with Crippen LogP contribution >= 0.6 is 12.2 Å². The van der Waals surface area contributed by atoms with Gasteiger partial charge in [0, 0.05) is 0 Å². The van der Waals surface area contributed by atoms with Gasteiger partial charge < -0.3 is 9.47 Å². The standard InChI is InChI=1S/C14H16N4O2S/c1-4-7-20-12-6-5-11(8-13(12)19-3)9-15-18-10(2)16-17-14(18)21/h4-6,8-9H,1,7H2,2-3H3,(H,17,21). The lowest BCUT2D eigenvalue weighted by Gasteiger charge is -2.09. The minimum atomic E-state index is 0.424. The number of rotatable bonds is 6. The predicted octanol–water partition coefficient (Wildman–Crippen LogP) is 2.70. The molecule has 0 aliphatic carbocycles. The lowest BCUT2D eigenvalue weighted by atomic mass is 10.2. The summed E-state index contributed by atoms with van der Waals surface area (Å²) in [6.07, 6.45) is 3.36. The molecule has 0 amide bonds. The number of methoxy groups -OCH3 is 1. The first-order valence-corrected chi connectivity index (χ1v) is 6.66. The minimum Gasteiger partial charge on any atom is -0.493 e. The third kappa shape index (κ3) is 3.57. The van der Waals surface area contributed by atoms with Gasteiger partial charge in [0.15, 0.2) is 11.5 Å². The Hall–Kier alpha value is -2.41. The van der Waals surface area contributed by atoms with Crippen molar-refractivity contribution in [1.82, 2.24) is 14.9 Å². The second kappa shape index (κ2) is 6.85. The van der Waals surface area contributed by atoms with Crippen molar-refractivity contribution in [2.24, 2.45) is 5.10 Å². The van der Waals surface area contributed by atoms with Crippen molar-refractivity contribution < 1.29 is 9.47 Å². The first-order valence-electron chi connectivity index (χ1n) is 6.26. The molecular weight excluding hydrogens is 288 g/mol. The smallest absolute Gasteiger partial charge is 0.216 e. The molecule has 0 radical (unpaired) electrons. The summed E-state index contributed by atoms with van der Waals surface area (Å²) >= 11 is 5.08. The van der Waals surface area contributed by atoms with Gasteiger partial charge in [-0.3, -0.25) is 5.10 Å². The summed E-state index contributed by atoms with van der Waals surface area (Å²) in [4.78, 5) is 0. The lowest BCUT2D eigenvalue weighted by Crippen LogP contribution is -1.98. The van der Waals surface area contributed by atoms with Gasteiger partial charge in [0.05, 0.1) is 13.3 Å². The first-order chi connectivity index (χ1) is 10.2. The molecule has 1 aromatic carbocycles. The molecule has 0 aliphatic heterocycles. The highest BCUT2D eigenvalue weighted by Gasteiger charge is 2.04. The highest BCUT2D eigenvalue weighted by molar-refractivity contribution is 7.71. The van der Waals surface area contributed by atoms with Gasteiger partial charge in [-0.05, 0) is 42.9 Å². The second-order valence-corrected chi connectivity index (χ2v) is 4.53. The van der Waals surface area contributed by atoms with Gasteiger partial charge in [0.25, 0.3) is 0 Å². The zero-order valence-electron chi connectivity index (χ0n) is 11.9. The SMILES string of the molecule is C=CCOc1ccc(C=Nn2c(C)n[nH]c2=S)cc1OC. The number of nitrogens with one attached hydrogen (secondary N) is 1. The normalized spacial score (nSPS) is 10.8. The fourth-order valence-corrected chi connectivity index (χ4v) is 1.89. The molecular formula is C14H16N4O2S. The van der Waals surface area contributed by atoms with E-state index in [0.717, 1.165) is 5.56 Å². The number of H-pyrrole nitrogens is 1. The number of hydrogen-bond donors (Lipinski definition) is 1. The molecule has 0 aliphatic rings. The number of benzene rings is 1. The van der Waals surface area contributed by atoms with Crippen LogP contribution in [0.3, 0.4) is 0 Å². The summed E-state index contributed by atoms with van der Waals surface area (Å²) in [6.45, 7) is 5.85. The molecule has 0 saturated carbocycles. The molecule has 1 aromatic heterocycles. The summed E-state index contributed by atoms with van der Waals surface area (Å²) in [5.74, 6) is 1.98. The second-order valence-electron chi connectivity index (χ2n) is 4.14. The van der Waals surface area contributed by atoms with Gasteiger partial charge >= 0.3 is 0 Å². The highest BCUT2D eigenvalue weighted by atomic mass is 32.1. The molecule has 0 unspecified atom stereocenters. The average molecular weight is 304 g/mol. The van der Waals surface area contributed by atoms with Crippen LogP contribution in [0.4, 0.5) is 0 Å². The molecule has 1 N–H and O–H groups in total. The molecule has 0 saturated heterocycles. The Morgan fingerprint density at radius 2 is 2.29 bits per heavy atom. The monoisotopic (exact) mass is 304 g/mol. The van der Waals surface area contributed by atoms with E-state index in [9.17, 15) is 0 Å². The molecule has 0 atom stereocenters. The Morgan fingerprint density at radius 3 is 2.90 bits per heavy atom. The van der Waals surface area contributed by atoms with Crippen molar-refractivity contribution in [1.29, 1.82) is 0 Å². The molecule has 21 heavy (non-hydrogen) atoms. The molecule has 7 heteroatoms. The van der Waals surface area contributed by atoms with Crippen molar-refractivity contribution in [3.05, 3.63) is 47.0 Å². The van der Waals surface area contributed by atoms with Crippen molar-refractivity contribution in [2.45, 2.75) is 6.92 Å². The number of hydrogen-bond acceptors (Lipinski definition) is 5. The van der Waals surface area contributed by atoms with E-state index >= 15 is 0 Å². The van der Waals surface area contributed by atoms with Gasteiger partial charge in [0.1, 0.15) is 12.4 Å². The van der Waals surface area contributed by atoms with Crippen LogP contribution in [-0.2, 0) is 0 Å². The highest BCUT2D eigenvalue weighted by Crippen LogP contribution is 2.27. The van der Waals surface area contributed by atoms with E-state index in [1.807, 2.05) is 25.1 Å². The molecule has 0 bridgehead atoms. The van der Waals surface area contributed by atoms with Crippen molar-refractivity contribution in [3.63, 3.8) is 0 Å². The topological polar surface area (TPSA) is 64.4 Å². The Labute approximate surface area is 127 Å². The van der Waals surface area contributed by atoms with E-state index in [2.05, 4.69) is 21.9 Å². The van der Waals surface area contributed by atoms with Gasteiger partial charge in [0.2, 0.25) is 4.77 Å². The van der Waals surface area contributed by atoms with Gasteiger partial charge in [-0.15, -0.1) is 0 Å². The number of aromatic nitrogens is 3. The fourth-order valence-electron chi connectivity index (χ4n) is 1.66. The maximum Gasteiger partial charge on any atom is 0.216 e. The van der Waals surface area contributed by atoms with E-state index in [0.29, 0.717) is 28.7 Å². The van der Waals surface area contributed by atoms with E-state index in [1.54, 1.807) is 24.1 Å². The van der Waals surface area contributed by atoms with Crippen LogP contribution in [0.1, 0.15) is 11.4 Å². The van der Waals surface area contributed by atoms with Gasteiger partial charge in [-0.2, -0.15) is 14.9 Å². The van der Waals surface area contributed by atoms with Crippen LogP contribution in [0.5, 0.6) is 11.5 Å². The number of aromatic amines is 1. The average Bonchev–Trinajstić information content (AvgIpc) is 2.82. The summed E-state index contributed by atoms with van der Waals surface area (Å²) in [7, 11) is 1.59. The zero-order chi connectivity index (χ0) is 15.2. The predicted molar refractivity (Wildman–Crippen MR) is 83.8 cm³/mol. The summed E-state index contributed by atoms with van der Waals surface area (Å²) in [5, 5.41) is 10.9. The summed E-state index contributed by atoms with van der Waals surface area (Å²) in [5.41, 5.74) is 0.861. The van der Waals surface area contributed by atoms with E-state index in [4.69, 9.17) is 21.7 Å². The Balaban J connectivity index is 2.25. The lowest BCUT2D eigenvalue weighted by molar-refractivity contribution is 0.326. The zero-order valence-corrected chi connectivity index (χ0v) is 12.7. The maximum absolute atomic E-state index is 5.50. The van der Waals surface area contributed by atoms with Gasteiger partial charge in [-0.25, -0.2) is 0 Å². The van der Waals surface area contributed by atoms with E-state index in [1.165, 1.54) is 0 Å². The molecule has 110 valence electrons. The third-order valence-electron chi connectivity index (χ3n) is 2.68. The van der Waals surface area contributed by atoms with Gasteiger partial charge in [-0.1, -0.05) is 12.7 Å². The third-order valence-corrected chi connectivity index (χ3v) is 2.94. The van der Waals surface area contributed by atoms with Crippen LogP contribution in [0.15, 0.2) is 36.0 Å². The molecule has 1 heterocycles. The van der Waals surface area contributed by atoms with Crippen LogP contribution in [0, 0.1) is 11.7 Å². The maximum atomic E-state index is 5.50. The summed E-state index contributed by atoms with van der Waals surface area (Å²) < 4.78 is 12.8. The van der Waals surface area contributed by atoms with Crippen LogP contribution < -0.4 is 9.47 Å². The Kier molecular flexibility index (Phi) is 4.89. The number of ether oxygens (including phenoxy) is 2. The number of aryl methyl sites for hydroxylation is 1. The largest absolute Gasteiger partial charge is 0.493 e. The van der Waals surface area contributed by atoms with Crippen molar-refractivity contribution >= 4 is 18.4 Å². The first kappa shape index (κ1) is 15.0. The number of nitrogens with zero attached hydrogens (tertiary/aromatic N) is 3. The summed E-state index contributed by atoms with van der Waals surface area (Å²) in [6, 6.07) is 5.54. The molecule has 6 nitrogen and oxygen atoms in total. The van der Waals surface area contributed by atoms with Crippen LogP contribution in [0.2, 0.25) is 0 Å². The molecule has 0 fully saturated rings. The van der Waals surface area contributed by atoms with Crippen molar-refractivity contribution in [3.8, 4) is 11.5 Å². The van der Waals surface area contributed by atoms with Crippen molar-refractivity contribution in [2.75, 3.05) is 13.7 Å². The fraction of sp³-hybridized carbons (Fsp3) is 0.214. The molecule has 2 rings (SSSR count). The Bertz CT molecular complexity index is 718. The quantitative estimate of drug-likeness (QED) is 0.506. The van der Waals surface area contributed by atoms with E-state index in [-0.39, 0.29) is 0 Å². The van der Waals surface area contributed by atoms with Crippen LogP contribution in [0.25, 0.3) is 0 Å². The van der Waals surface area contributed by atoms with Crippen LogP contribution in [-0.4, -0.2) is 34.8 Å².